The maximum Gasteiger partial charge on any atom is 0.279 e. The first-order valence-corrected chi connectivity index (χ1v) is 3.18. The van der Waals surface area contributed by atoms with Crippen molar-refractivity contribution in [2.24, 2.45) is 0 Å². The number of rotatable bonds is 2. The molecule has 0 saturated heterocycles. The van der Waals surface area contributed by atoms with E-state index in [1.165, 1.54) is 7.05 Å². The second-order valence-corrected chi connectivity index (χ2v) is 2.45. The van der Waals surface area contributed by atoms with Crippen LogP contribution >= 0.6 is 0 Å². The van der Waals surface area contributed by atoms with Gasteiger partial charge in [0.2, 0.25) is 0 Å². The monoisotopic (exact) mass is 124 g/mol. The Morgan fingerprint density at radius 2 is 2.14 bits per heavy atom. The molecule has 0 spiro atoms. The lowest BCUT2D eigenvalue weighted by molar-refractivity contribution is 0.479. The predicted molar refractivity (Wildman–Crippen MR) is 24.5 cm³/mol. The van der Waals surface area contributed by atoms with E-state index in [-0.39, 0.29) is 0 Å². The smallest absolute Gasteiger partial charge is 0.279 e. The van der Waals surface area contributed by atoms with Gasteiger partial charge < -0.3 is 0 Å². The van der Waals surface area contributed by atoms with Crippen LogP contribution in [-0.4, -0.2) is 25.9 Å². The van der Waals surface area contributed by atoms with Gasteiger partial charge in [-0.3, -0.25) is 4.55 Å². The molecule has 0 heterocycles. The third-order valence-electron chi connectivity index (χ3n) is 0.292. The topological polar surface area (TPSA) is 68.5 Å². The third-order valence-corrected chi connectivity index (χ3v) is 0.877. The van der Waals surface area contributed by atoms with Crippen LogP contribution in [0.1, 0.15) is 0 Å². The lowest BCUT2D eigenvalue weighted by Crippen LogP contribution is -2.11. The van der Waals surface area contributed by atoms with Gasteiger partial charge in [0.15, 0.2) is 0 Å². The Balaban J connectivity index is 3.60. The average molecular weight is 124 g/mol. The van der Waals surface area contributed by atoms with Crippen molar-refractivity contribution in [1.29, 1.82) is 0 Å². The van der Waals surface area contributed by atoms with E-state index < -0.39 is 16.0 Å². The Morgan fingerprint density at radius 3 is 2.14 bits per heavy atom. The quantitative estimate of drug-likeness (QED) is 0.483. The van der Waals surface area contributed by atoms with E-state index in [0.29, 0.717) is 0 Å². The van der Waals surface area contributed by atoms with E-state index in [1.54, 1.807) is 0 Å². The molecule has 0 aliphatic heterocycles. The first-order valence-electron chi connectivity index (χ1n) is 1.57. The molecule has 0 rings (SSSR count). The van der Waals surface area contributed by atoms with Gasteiger partial charge in [0.25, 0.3) is 10.1 Å². The molecule has 0 bridgehead atoms. The van der Waals surface area contributed by atoms with Crippen LogP contribution in [0.2, 0.25) is 0 Å². The number of hydrogen-bond acceptors (Lipinski definition) is 2. The Labute approximate surface area is 42.3 Å². The van der Waals surface area contributed by atoms with Crippen molar-refractivity contribution in [3.05, 3.63) is 0 Å². The summed E-state index contributed by atoms with van der Waals surface area (Å²) in [5.41, 5.74) is 0. The summed E-state index contributed by atoms with van der Waals surface area (Å²) in [5, 5.41) is 3.17. The Kier molecular flexibility index (Phi) is 2.21. The summed E-state index contributed by atoms with van der Waals surface area (Å²) in [6, 6.07) is 0. The number of hydrogen-bond donors (Lipinski definition) is 1. The minimum atomic E-state index is -3.84. The minimum Gasteiger partial charge on any atom is -0.285 e. The van der Waals surface area contributed by atoms with Crippen molar-refractivity contribution >= 4 is 10.1 Å². The van der Waals surface area contributed by atoms with E-state index in [4.69, 9.17) is 4.55 Å². The molecule has 0 aromatic carbocycles. The summed E-state index contributed by atoms with van der Waals surface area (Å²) in [6.07, 6.45) is 0. The van der Waals surface area contributed by atoms with Crippen molar-refractivity contribution < 1.29 is 13.0 Å². The van der Waals surface area contributed by atoms with Crippen LogP contribution < -0.4 is 5.32 Å². The fraction of sp³-hybridized carbons (Fsp3) is 1.00. The van der Waals surface area contributed by atoms with Gasteiger partial charge in [0.05, 0.1) is 0 Å². The van der Waals surface area contributed by atoms with Crippen LogP contribution in [0.3, 0.4) is 0 Å². The maximum atomic E-state index is 9.69. The zero-order valence-corrected chi connectivity index (χ0v) is 4.64. The fourth-order valence-electron chi connectivity index (χ4n) is 0.163. The molecular weight excluding hydrogens is 118 g/mol. The average Bonchev–Trinajstić information content (AvgIpc) is 1.30. The van der Waals surface area contributed by atoms with Gasteiger partial charge in [-0.05, 0) is 0 Å². The summed E-state index contributed by atoms with van der Waals surface area (Å²) in [4.78, 5) is 0. The van der Waals surface area contributed by atoms with Crippen molar-refractivity contribution in [2.45, 2.75) is 0 Å². The Morgan fingerprint density at radius 1 is 1.71 bits per heavy atom. The standard InChI is InChI=1S/C2H6NO3S/c1-3-2-7(4,5)6/h2H2,1H3,(H,4,5,6). The zero-order chi connectivity index (χ0) is 5.91. The molecule has 1 radical (unpaired) electrons. The lowest BCUT2D eigenvalue weighted by Gasteiger charge is -1.86. The Hall–Kier alpha value is -0.130. The largest absolute Gasteiger partial charge is 0.285 e. The van der Waals surface area contributed by atoms with Gasteiger partial charge in [-0.25, -0.2) is 5.32 Å². The first-order chi connectivity index (χ1) is 3.06. The van der Waals surface area contributed by atoms with Crippen molar-refractivity contribution in [3.63, 3.8) is 0 Å². The summed E-state index contributed by atoms with van der Waals surface area (Å²) < 4.78 is 27.3. The minimum absolute atomic E-state index is 0.507. The molecule has 0 fully saturated rings. The van der Waals surface area contributed by atoms with Gasteiger partial charge in [0.1, 0.15) is 5.88 Å². The van der Waals surface area contributed by atoms with Gasteiger partial charge in [-0.2, -0.15) is 8.42 Å². The molecule has 0 aliphatic carbocycles. The van der Waals surface area contributed by atoms with Crippen LogP contribution in [0.5, 0.6) is 0 Å². The SMILES string of the molecule is C[N]CS(=O)(=O)O. The van der Waals surface area contributed by atoms with Crippen LogP contribution in [0.25, 0.3) is 0 Å². The lowest BCUT2D eigenvalue weighted by atomic mass is 11.3. The van der Waals surface area contributed by atoms with E-state index in [1.807, 2.05) is 0 Å². The van der Waals surface area contributed by atoms with E-state index in [2.05, 4.69) is 5.32 Å². The molecule has 0 aromatic heterocycles. The number of nitrogens with zero attached hydrogens (tertiary/aromatic N) is 1. The molecule has 0 atom stereocenters. The van der Waals surface area contributed by atoms with Gasteiger partial charge in [-0.1, -0.05) is 0 Å². The molecule has 0 amide bonds. The van der Waals surface area contributed by atoms with E-state index >= 15 is 0 Å². The highest BCUT2D eigenvalue weighted by molar-refractivity contribution is 7.85. The molecule has 0 aromatic rings. The van der Waals surface area contributed by atoms with Gasteiger partial charge in [-0.15, -0.1) is 0 Å². The highest BCUT2D eigenvalue weighted by Crippen LogP contribution is 1.73. The molecule has 7 heavy (non-hydrogen) atoms. The summed E-state index contributed by atoms with van der Waals surface area (Å²) >= 11 is 0. The summed E-state index contributed by atoms with van der Waals surface area (Å²) in [5.74, 6) is -0.507. The highest BCUT2D eigenvalue weighted by atomic mass is 32.2. The first kappa shape index (κ1) is 6.87. The molecule has 43 valence electrons. The van der Waals surface area contributed by atoms with Crippen LogP contribution in [0, 0.1) is 0 Å². The maximum absolute atomic E-state index is 9.69. The zero-order valence-electron chi connectivity index (χ0n) is 3.83. The molecule has 1 N–H and O–H groups in total. The molecule has 0 aliphatic rings. The third kappa shape index (κ3) is 5.87. The van der Waals surface area contributed by atoms with Crippen LogP contribution in [0.15, 0.2) is 0 Å². The van der Waals surface area contributed by atoms with Crippen LogP contribution in [0.4, 0.5) is 0 Å². The van der Waals surface area contributed by atoms with Crippen molar-refractivity contribution in [1.82, 2.24) is 5.32 Å². The Bertz CT molecular complexity index is 126. The fourth-order valence-corrected chi connectivity index (χ4v) is 0.489. The molecule has 5 heteroatoms. The molecule has 0 unspecified atom stereocenters. The predicted octanol–water partition coefficient (Wildman–Crippen LogP) is -0.934. The second kappa shape index (κ2) is 2.25. The van der Waals surface area contributed by atoms with E-state index in [9.17, 15) is 8.42 Å². The van der Waals surface area contributed by atoms with E-state index in [0.717, 1.165) is 0 Å². The summed E-state index contributed by atoms with van der Waals surface area (Å²) in [7, 11) is -2.53. The van der Waals surface area contributed by atoms with Crippen molar-refractivity contribution in [2.75, 3.05) is 12.9 Å². The van der Waals surface area contributed by atoms with Crippen LogP contribution in [-0.2, 0) is 10.1 Å². The molecule has 4 nitrogen and oxygen atoms in total. The van der Waals surface area contributed by atoms with Crippen molar-refractivity contribution in [3.8, 4) is 0 Å². The van der Waals surface area contributed by atoms with Gasteiger partial charge in [0, 0.05) is 7.05 Å². The second-order valence-electron chi connectivity index (χ2n) is 1.03. The summed E-state index contributed by atoms with van der Waals surface area (Å²) in [6.45, 7) is 0. The highest BCUT2D eigenvalue weighted by Gasteiger charge is 1.98. The van der Waals surface area contributed by atoms with Gasteiger partial charge >= 0.3 is 0 Å². The molecule has 0 saturated carbocycles. The molecular formula is C2H6NO3S. The normalized spacial score (nSPS) is 11.7.